The second-order valence-electron chi connectivity index (χ2n) is 9.12. The Bertz CT molecular complexity index is 647. The Morgan fingerprint density at radius 3 is 2.34 bits per heavy atom. The van der Waals surface area contributed by atoms with Gasteiger partial charge in [-0.3, -0.25) is 9.89 Å². The van der Waals surface area contributed by atoms with Crippen LogP contribution in [-0.4, -0.2) is 63.0 Å². The molecule has 0 aliphatic carbocycles. The smallest absolute Gasteiger partial charge is 0.191 e. The molecule has 164 valence electrons. The van der Waals surface area contributed by atoms with Gasteiger partial charge in [-0.25, -0.2) is 0 Å². The van der Waals surface area contributed by atoms with E-state index in [4.69, 9.17) is 9.47 Å². The predicted molar refractivity (Wildman–Crippen MR) is 120 cm³/mol. The standard InChI is InChI=1S/C23H40N4O2/c1-17-14-27(15-18(2)29-17)16-20-11-9-8-10-19(20)12-25-22(24-6)26-13-21(28-7)23(3,4)5/h8-11,17-18,21H,12-16H2,1-7H3,(H2,24,25,26). The quantitative estimate of drug-likeness (QED) is 0.540. The van der Waals surface area contributed by atoms with E-state index < -0.39 is 0 Å². The fraction of sp³-hybridized carbons (Fsp3) is 0.696. The number of nitrogens with zero attached hydrogens (tertiary/aromatic N) is 2. The summed E-state index contributed by atoms with van der Waals surface area (Å²) < 4.78 is 11.5. The zero-order valence-corrected chi connectivity index (χ0v) is 19.3. The van der Waals surface area contributed by atoms with Gasteiger partial charge in [-0.1, -0.05) is 45.0 Å². The van der Waals surface area contributed by atoms with Crippen LogP contribution in [0.4, 0.5) is 0 Å². The number of aliphatic imine (C=N–C) groups is 1. The largest absolute Gasteiger partial charge is 0.379 e. The maximum Gasteiger partial charge on any atom is 0.191 e. The third-order valence-corrected chi connectivity index (χ3v) is 5.38. The van der Waals surface area contributed by atoms with Gasteiger partial charge in [-0.05, 0) is 30.4 Å². The first-order valence-electron chi connectivity index (χ1n) is 10.6. The summed E-state index contributed by atoms with van der Waals surface area (Å²) in [4.78, 5) is 6.85. The minimum atomic E-state index is 0.0691. The Balaban J connectivity index is 1.94. The molecule has 1 aliphatic rings. The van der Waals surface area contributed by atoms with E-state index >= 15 is 0 Å². The first-order chi connectivity index (χ1) is 13.7. The third-order valence-electron chi connectivity index (χ3n) is 5.38. The van der Waals surface area contributed by atoms with Gasteiger partial charge in [0.1, 0.15) is 0 Å². The Hall–Kier alpha value is -1.63. The van der Waals surface area contributed by atoms with E-state index in [1.165, 1.54) is 11.1 Å². The second-order valence-corrected chi connectivity index (χ2v) is 9.12. The highest BCUT2D eigenvalue weighted by molar-refractivity contribution is 5.79. The van der Waals surface area contributed by atoms with Gasteiger partial charge in [-0.15, -0.1) is 0 Å². The van der Waals surface area contributed by atoms with E-state index in [0.29, 0.717) is 6.54 Å². The van der Waals surface area contributed by atoms with Gasteiger partial charge in [0, 0.05) is 46.9 Å². The molecule has 0 amide bonds. The third kappa shape index (κ3) is 7.61. The van der Waals surface area contributed by atoms with E-state index in [2.05, 4.69) is 79.4 Å². The molecule has 3 unspecified atom stereocenters. The lowest BCUT2D eigenvalue weighted by molar-refractivity contribution is -0.0705. The normalized spacial score (nSPS) is 22.4. The number of rotatable bonds is 7. The van der Waals surface area contributed by atoms with Gasteiger partial charge < -0.3 is 20.1 Å². The van der Waals surface area contributed by atoms with Crippen molar-refractivity contribution in [2.45, 2.75) is 66.0 Å². The van der Waals surface area contributed by atoms with Crippen molar-refractivity contribution in [1.82, 2.24) is 15.5 Å². The SMILES string of the molecule is CN=C(NCc1ccccc1CN1CC(C)OC(C)C1)NCC(OC)C(C)(C)C. The van der Waals surface area contributed by atoms with Gasteiger partial charge in [0.05, 0.1) is 18.3 Å². The molecule has 29 heavy (non-hydrogen) atoms. The van der Waals surface area contributed by atoms with Crippen molar-refractivity contribution in [1.29, 1.82) is 0 Å². The summed E-state index contributed by atoms with van der Waals surface area (Å²) in [5.41, 5.74) is 2.71. The van der Waals surface area contributed by atoms with Crippen LogP contribution < -0.4 is 10.6 Å². The molecule has 0 saturated carbocycles. The van der Waals surface area contributed by atoms with Crippen molar-refractivity contribution in [3.8, 4) is 0 Å². The Labute approximate surface area is 177 Å². The van der Waals surface area contributed by atoms with Crippen LogP contribution in [0.5, 0.6) is 0 Å². The molecule has 1 heterocycles. The molecule has 1 saturated heterocycles. The molecule has 0 spiro atoms. The number of hydrogen-bond donors (Lipinski definition) is 2. The highest BCUT2D eigenvalue weighted by Crippen LogP contribution is 2.21. The molecule has 0 bridgehead atoms. The number of methoxy groups -OCH3 is 1. The molecule has 0 aromatic heterocycles. The first-order valence-corrected chi connectivity index (χ1v) is 10.6. The van der Waals surface area contributed by atoms with Gasteiger partial charge in [-0.2, -0.15) is 0 Å². The van der Waals surface area contributed by atoms with Crippen LogP contribution in [0.1, 0.15) is 45.7 Å². The van der Waals surface area contributed by atoms with Crippen LogP contribution >= 0.6 is 0 Å². The molecule has 1 fully saturated rings. The fourth-order valence-electron chi connectivity index (χ4n) is 3.87. The van der Waals surface area contributed by atoms with Crippen molar-refractivity contribution in [2.75, 3.05) is 33.8 Å². The first kappa shape index (κ1) is 23.6. The molecule has 1 aromatic rings. The van der Waals surface area contributed by atoms with E-state index in [1.54, 1.807) is 14.2 Å². The van der Waals surface area contributed by atoms with Gasteiger partial charge in [0.15, 0.2) is 5.96 Å². The highest BCUT2D eigenvalue weighted by Gasteiger charge is 2.25. The molecule has 3 atom stereocenters. The number of ether oxygens (including phenoxy) is 2. The monoisotopic (exact) mass is 404 g/mol. The van der Waals surface area contributed by atoms with E-state index in [9.17, 15) is 0 Å². The summed E-state index contributed by atoms with van der Waals surface area (Å²) in [6.45, 7) is 15.2. The maximum absolute atomic E-state index is 5.87. The molecule has 6 nitrogen and oxygen atoms in total. The Kier molecular flexibility index (Phi) is 8.93. The van der Waals surface area contributed by atoms with Gasteiger partial charge in [0.2, 0.25) is 0 Å². The zero-order chi connectivity index (χ0) is 21.4. The predicted octanol–water partition coefficient (Wildman–Crippen LogP) is 3.02. The number of hydrogen-bond acceptors (Lipinski definition) is 4. The summed E-state index contributed by atoms with van der Waals surface area (Å²) in [6, 6.07) is 8.63. The van der Waals surface area contributed by atoms with E-state index in [1.807, 2.05) is 0 Å². The Morgan fingerprint density at radius 1 is 1.17 bits per heavy atom. The molecular formula is C23H40N4O2. The van der Waals surface area contributed by atoms with E-state index in [0.717, 1.165) is 32.1 Å². The van der Waals surface area contributed by atoms with Crippen LogP contribution in [-0.2, 0) is 22.6 Å². The topological polar surface area (TPSA) is 58.1 Å². The van der Waals surface area contributed by atoms with E-state index in [-0.39, 0.29) is 23.7 Å². The van der Waals surface area contributed by atoms with Crippen LogP contribution in [0.3, 0.4) is 0 Å². The number of nitrogens with one attached hydrogen (secondary N) is 2. The summed E-state index contributed by atoms with van der Waals surface area (Å²) >= 11 is 0. The zero-order valence-electron chi connectivity index (χ0n) is 19.3. The number of benzene rings is 1. The lowest BCUT2D eigenvalue weighted by Crippen LogP contribution is -2.45. The molecule has 2 N–H and O–H groups in total. The second kappa shape index (κ2) is 11.0. The molecule has 6 heteroatoms. The summed E-state index contributed by atoms with van der Waals surface area (Å²) in [5.74, 6) is 0.791. The summed E-state index contributed by atoms with van der Waals surface area (Å²) in [5, 5.41) is 6.85. The van der Waals surface area contributed by atoms with Crippen molar-refractivity contribution in [3.05, 3.63) is 35.4 Å². The highest BCUT2D eigenvalue weighted by atomic mass is 16.5. The van der Waals surface area contributed by atoms with Crippen LogP contribution in [0.15, 0.2) is 29.3 Å². The average Bonchev–Trinajstić information content (AvgIpc) is 2.64. The van der Waals surface area contributed by atoms with Crippen LogP contribution in [0.2, 0.25) is 0 Å². The Morgan fingerprint density at radius 2 is 1.79 bits per heavy atom. The van der Waals surface area contributed by atoms with Crippen molar-refractivity contribution in [3.63, 3.8) is 0 Å². The number of morpholine rings is 1. The minimum absolute atomic E-state index is 0.0691. The summed E-state index contributed by atoms with van der Waals surface area (Å²) in [6.07, 6.45) is 0.672. The van der Waals surface area contributed by atoms with Gasteiger partial charge in [0.25, 0.3) is 0 Å². The lowest BCUT2D eigenvalue weighted by atomic mass is 9.89. The van der Waals surface area contributed by atoms with Crippen molar-refractivity contribution in [2.24, 2.45) is 10.4 Å². The molecule has 1 aliphatic heterocycles. The average molecular weight is 405 g/mol. The molecule has 2 rings (SSSR count). The maximum atomic E-state index is 5.87. The molecule has 1 aromatic carbocycles. The van der Waals surface area contributed by atoms with Crippen LogP contribution in [0.25, 0.3) is 0 Å². The van der Waals surface area contributed by atoms with Crippen molar-refractivity contribution < 1.29 is 9.47 Å². The number of guanidine groups is 1. The van der Waals surface area contributed by atoms with Crippen LogP contribution in [0, 0.1) is 5.41 Å². The van der Waals surface area contributed by atoms with Crippen molar-refractivity contribution >= 4 is 5.96 Å². The molecule has 0 radical (unpaired) electrons. The molecular weight excluding hydrogens is 364 g/mol. The minimum Gasteiger partial charge on any atom is -0.379 e. The summed E-state index contributed by atoms with van der Waals surface area (Å²) in [7, 11) is 3.56. The van der Waals surface area contributed by atoms with Gasteiger partial charge >= 0.3 is 0 Å². The lowest BCUT2D eigenvalue weighted by Gasteiger charge is -2.35. The fourth-order valence-corrected chi connectivity index (χ4v) is 3.87.